The summed E-state index contributed by atoms with van der Waals surface area (Å²) >= 11 is 0. The fourth-order valence-corrected chi connectivity index (χ4v) is 3.95. The zero-order chi connectivity index (χ0) is 14.2. The lowest BCUT2D eigenvalue weighted by atomic mass is 10.3. The molecule has 2 N–H and O–H groups in total. The minimum atomic E-state index is -3.50. The predicted octanol–water partition coefficient (Wildman–Crippen LogP) is 0.991. The fourth-order valence-electron chi connectivity index (χ4n) is 2.43. The van der Waals surface area contributed by atoms with Gasteiger partial charge in [-0.05, 0) is 18.6 Å². The summed E-state index contributed by atoms with van der Waals surface area (Å²) in [6.45, 7) is 1.96. The lowest BCUT2D eigenvalue weighted by Crippen LogP contribution is -2.31. The van der Waals surface area contributed by atoms with Gasteiger partial charge in [-0.15, -0.1) is 12.4 Å². The molecular formula is C13H19ClN2O4S. The highest BCUT2D eigenvalue weighted by atomic mass is 35.5. The molecule has 0 amide bonds. The van der Waals surface area contributed by atoms with E-state index >= 15 is 0 Å². The van der Waals surface area contributed by atoms with Crippen molar-refractivity contribution in [2.45, 2.75) is 23.8 Å². The zero-order valence-corrected chi connectivity index (χ0v) is 13.2. The highest BCUT2D eigenvalue weighted by molar-refractivity contribution is 7.89. The molecule has 1 aromatic carbocycles. The molecule has 1 saturated heterocycles. The topological polar surface area (TPSA) is 81.9 Å². The number of fused-ring (bicyclic) bond motifs is 1. The van der Waals surface area contributed by atoms with Crippen molar-refractivity contribution in [2.75, 3.05) is 26.3 Å². The second kappa shape index (κ2) is 6.39. The van der Waals surface area contributed by atoms with E-state index < -0.39 is 10.0 Å². The maximum atomic E-state index is 12.5. The first kappa shape index (κ1) is 16.4. The van der Waals surface area contributed by atoms with Gasteiger partial charge in [-0.1, -0.05) is 0 Å². The third kappa shape index (κ3) is 3.26. The van der Waals surface area contributed by atoms with Gasteiger partial charge in [-0.2, -0.15) is 4.31 Å². The van der Waals surface area contributed by atoms with Crippen molar-refractivity contribution >= 4 is 22.4 Å². The summed E-state index contributed by atoms with van der Waals surface area (Å²) in [5.41, 5.74) is 5.78. The van der Waals surface area contributed by atoms with Crippen LogP contribution in [0, 0.1) is 0 Å². The maximum Gasteiger partial charge on any atom is 0.243 e. The molecule has 0 aromatic heterocycles. The van der Waals surface area contributed by atoms with Crippen LogP contribution in [0.3, 0.4) is 0 Å². The number of benzene rings is 1. The largest absolute Gasteiger partial charge is 0.490 e. The number of ether oxygens (including phenoxy) is 2. The molecule has 118 valence electrons. The minimum Gasteiger partial charge on any atom is -0.490 e. The Labute approximate surface area is 130 Å². The summed E-state index contributed by atoms with van der Waals surface area (Å²) in [6, 6.07) is 4.68. The SMILES string of the molecule is Cl.N[C@@H]1CCN(S(=O)(=O)c2ccc3c(c2)OCCCO3)C1. The van der Waals surface area contributed by atoms with Gasteiger partial charge in [0, 0.05) is 31.6 Å². The number of hydrogen-bond acceptors (Lipinski definition) is 5. The van der Waals surface area contributed by atoms with Crippen LogP contribution in [-0.2, 0) is 10.0 Å². The van der Waals surface area contributed by atoms with Crippen LogP contribution in [0.5, 0.6) is 11.5 Å². The van der Waals surface area contributed by atoms with Crippen LogP contribution in [0.2, 0.25) is 0 Å². The van der Waals surface area contributed by atoms with Crippen molar-refractivity contribution < 1.29 is 17.9 Å². The van der Waals surface area contributed by atoms with Gasteiger partial charge in [0.15, 0.2) is 11.5 Å². The monoisotopic (exact) mass is 334 g/mol. The van der Waals surface area contributed by atoms with Crippen LogP contribution in [0.4, 0.5) is 0 Å². The van der Waals surface area contributed by atoms with E-state index in [9.17, 15) is 8.42 Å². The van der Waals surface area contributed by atoms with Crippen LogP contribution >= 0.6 is 12.4 Å². The number of nitrogens with zero attached hydrogens (tertiary/aromatic N) is 1. The van der Waals surface area contributed by atoms with E-state index in [0.29, 0.717) is 44.2 Å². The third-order valence-electron chi connectivity index (χ3n) is 3.54. The average Bonchev–Trinajstić information content (AvgIpc) is 2.74. The Balaban J connectivity index is 0.00000161. The molecule has 0 bridgehead atoms. The van der Waals surface area contributed by atoms with Crippen LogP contribution in [-0.4, -0.2) is 45.1 Å². The lowest BCUT2D eigenvalue weighted by Gasteiger charge is -2.17. The molecule has 0 spiro atoms. The van der Waals surface area contributed by atoms with Gasteiger partial charge in [0.2, 0.25) is 10.0 Å². The van der Waals surface area contributed by atoms with E-state index in [1.54, 1.807) is 18.2 Å². The van der Waals surface area contributed by atoms with E-state index in [4.69, 9.17) is 15.2 Å². The molecule has 0 aliphatic carbocycles. The van der Waals surface area contributed by atoms with E-state index in [0.717, 1.165) is 6.42 Å². The Morgan fingerprint density at radius 3 is 2.57 bits per heavy atom. The summed E-state index contributed by atoms with van der Waals surface area (Å²) in [7, 11) is -3.50. The smallest absolute Gasteiger partial charge is 0.243 e. The summed E-state index contributed by atoms with van der Waals surface area (Å²) < 4.78 is 37.5. The lowest BCUT2D eigenvalue weighted by molar-refractivity contribution is 0.297. The molecule has 0 radical (unpaired) electrons. The molecule has 2 aliphatic rings. The first-order valence-corrected chi connectivity index (χ1v) is 8.17. The van der Waals surface area contributed by atoms with Crippen LogP contribution in [0.1, 0.15) is 12.8 Å². The summed E-state index contributed by atoms with van der Waals surface area (Å²) in [5, 5.41) is 0. The molecule has 2 aliphatic heterocycles. The maximum absolute atomic E-state index is 12.5. The molecule has 1 atom stereocenters. The quantitative estimate of drug-likeness (QED) is 0.872. The molecule has 21 heavy (non-hydrogen) atoms. The van der Waals surface area contributed by atoms with Gasteiger partial charge in [-0.25, -0.2) is 8.42 Å². The standard InChI is InChI=1S/C13H18N2O4S.ClH/c14-10-4-5-15(9-10)20(16,17)11-2-3-12-13(8-11)19-7-1-6-18-12;/h2-3,8,10H,1,4-7,9,14H2;1H/t10-;/m1./s1. The molecule has 1 aromatic rings. The van der Waals surface area contributed by atoms with Gasteiger partial charge < -0.3 is 15.2 Å². The van der Waals surface area contributed by atoms with Gasteiger partial charge in [-0.3, -0.25) is 0 Å². The van der Waals surface area contributed by atoms with E-state index in [2.05, 4.69) is 0 Å². The average molecular weight is 335 g/mol. The molecule has 3 rings (SSSR count). The summed E-state index contributed by atoms with van der Waals surface area (Å²) in [5.74, 6) is 1.09. The normalized spacial score (nSPS) is 22.4. The molecule has 0 unspecified atom stereocenters. The first-order valence-electron chi connectivity index (χ1n) is 6.73. The highest BCUT2D eigenvalue weighted by Gasteiger charge is 2.31. The van der Waals surface area contributed by atoms with E-state index in [1.165, 1.54) is 4.31 Å². The first-order chi connectivity index (χ1) is 9.57. The Bertz CT molecular complexity index is 608. The fraction of sp³-hybridized carbons (Fsp3) is 0.538. The van der Waals surface area contributed by atoms with Gasteiger partial charge in [0.25, 0.3) is 0 Å². The molecule has 1 fully saturated rings. The Morgan fingerprint density at radius 2 is 1.90 bits per heavy atom. The van der Waals surface area contributed by atoms with Gasteiger partial charge in [0.1, 0.15) is 0 Å². The molecule has 6 nitrogen and oxygen atoms in total. The molecule has 2 heterocycles. The third-order valence-corrected chi connectivity index (χ3v) is 5.41. The van der Waals surface area contributed by atoms with Gasteiger partial charge in [0.05, 0.1) is 18.1 Å². The zero-order valence-electron chi connectivity index (χ0n) is 11.5. The minimum absolute atomic E-state index is 0. The van der Waals surface area contributed by atoms with Crippen molar-refractivity contribution in [1.82, 2.24) is 4.31 Å². The van der Waals surface area contributed by atoms with Gasteiger partial charge >= 0.3 is 0 Å². The van der Waals surface area contributed by atoms with Crippen molar-refractivity contribution in [3.8, 4) is 11.5 Å². The predicted molar refractivity (Wildman–Crippen MR) is 80.6 cm³/mol. The van der Waals surface area contributed by atoms with Crippen LogP contribution in [0.15, 0.2) is 23.1 Å². The molecule has 0 saturated carbocycles. The molecule has 8 heteroatoms. The van der Waals surface area contributed by atoms with Crippen LogP contribution < -0.4 is 15.2 Å². The Morgan fingerprint density at radius 1 is 1.19 bits per heavy atom. The number of rotatable bonds is 2. The number of hydrogen-bond donors (Lipinski definition) is 1. The van der Waals surface area contributed by atoms with Crippen LogP contribution in [0.25, 0.3) is 0 Å². The highest BCUT2D eigenvalue weighted by Crippen LogP contribution is 2.33. The Hall–Kier alpha value is -1.02. The number of halogens is 1. The van der Waals surface area contributed by atoms with Crippen molar-refractivity contribution in [1.29, 1.82) is 0 Å². The van der Waals surface area contributed by atoms with Crippen molar-refractivity contribution in [2.24, 2.45) is 5.73 Å². The van der Waals surface area contributed by atoms with Crippen molar-refractivity contribution in [3.63, 3.8) is 0 Å². The second-order valence-corrected chi connectivity index (χ2v) is 7.01. The number of sulfonamides is 1. The van der Waals surface area contributed by atoms with E-state index in [-0.39, 0.29) is 23.3 Å². The van der Waals surface area contributed by atoms with E-state index in [1.807, 2.05) is 0 Å². The summed E-state index contributed by atoms with van der Waals surface area (Å²) in [6.07, 6.45) is 1.49. The molecular weight excluding hydrogens is 316 g/mol. The van der Waals surface area contributed by atoms with Crippen molar-refractivity contribution in [3.05, 3.63) is 18.2 Å². The number of nitrogens with two attached hydrogens (primary N) is 1. The summed E-state index contributed by atoms with van der Waals surface area (Å²) in [4.78, 5) is 0.232. The second-order valence-electron chi connectivity index (χ2n) is 5.07. The Kier molecular flexibility index (Phi) is 4.98.